The first kappa shape index (κ1) is 13.6. The number of ketones is 1. The summed E-state index contributed by atoms with van der Waals surface area (Å²) in [6.07, 6.45) is 6.03. The summed E-state index contributed by atoms with van der Waals surface area (Å²) in [4.78, 5) is 11.8. The topological polar surface area (TPSA) is 26.3 Å². The molecule has 2 heteroatoms. The number of Topliss-reactive ketones (excluding diaryl/α,β-unsaturated/α-hetero) is 1. The van der Waals surface area contributed by atoms with Gasteiger partial charge < -0.3 is 4.74 Å². The summed E-state index contributed by atoms with van der Waals surface area (Å²) in [5.41, 5.74) is -0.549. The molecule has 1 atom stereocenters. The van der Waals surface area contributed by atoms with Gasteiger partial charge in [0.2, 0.25) is 0 Å². The number of unbranched alkanes of at least 4 members (excludes halogenated alkanes) is 3. The predicted molar refractivity (Wildman–Crippen MR) is 59.5 cm³/mol. The Balaban J connectivity index is 3.82. The first-order valence-corrected chi connectivity index (χ1v) is 5.69. The van der Waals surface area contributed by atoms with Gasteiger partial charge in [-0.25, -0.2) is 0 Å². The van der Waals surface area contributed by atoms with Crippen LogP contribution in [-0.2, 0) is 9.53 Å². The van der Waals surface area contributed by atoms with E-state index in [4.69, 9.17) is 4.74 Å². The van der Waals surface area contributed by atoms with Gasteiger partial charge in [-0.3, -0.25) is 4.79 Å². The molecule has 0 saturated heterocycles. The molecular formula is C12H24O2. The molecule has 14 heavy (non-hydrogen) atoms. The molecular weight excluding hydrogens is 176 g/mol. The fourth-order valence-corrected chi connectivity index (χ4v) is 1.43. The van der Waals surface area contributed by atoms with E-state index in [1.807, 2.05) is 13.8 Å². The van der Waals surface area contributed by atoms with Crippen LogP contribution in [0, 0.1) is 0 Å². The maximum Gasteiger partial charge on any atom is 0.164 e. The fourth-order valence-electron chi connectivity index (χ4n) is 1.43. The van der Waals surface area contributed by atoms with Crippen LogP contribution in [0.3, 0.4) is 0 Å². The maximum atomic E-state index is 11.8. The maximum absolute atomic E-state index is 11.8. The Bertz CT molecular complexity index is 160. The molecule has 0 aliphatic rings. The molecule has 0 heterocycles. The van der Waals surface area contributed by atoms with Crippen molar-refractivity contribution < 1.29 is 9.53 Å². The van der Waals surface area contributed by atoms with E-state index in [-0.39, 0.29) is 5.78 Å². The van der Waals surface area contributed by atoms with Crippen molar-refractivity contribution in [3.8, 4) is 0 Å². The number of hydrogen-bond donors (Lipinski definition) is 0. The van der Waals surface area contributed by atoms with Crippen molar-refractivity contribution >= 4 is 5.78 Å². The zero-order valence-electron chi connectivity index (χ0n) is 10.1. The third kappa shape index (κ3) is 4.23. The van der Waals surface area contributed by atoms with E-state index in [0.717, 1.165) is 19.3 Å². The van der Waals surface area contributed by atoms with Gasteiger partial charge >= 0.3 is 0 Å². The molecule has 0 N–H and O–H groups in total. The van der Waals surface area contributed by atoms with E-state index in [9.17, 15) is 4.79 Å². The Kier molecular flexibility index (Phi) is 6.81. The highest BCUT2D eigenvalue weighted by atomic mass is 16.5. The molecule has 0 aromatic rings. The van der Waals surface area contributed by atoms with Gasteiger partial charge in [-0.2, -0.15) is 0 Å². The SMILES string of the molecule is CCCCCCC(=O)C(C)(CC)OC. The highest BCUT2D eigenvalue weighted by Gasteiger charge is 2.29. The van der Waals surface area contributed by atoms with Crippen LogP contribution in [0.25, 0.3) is 0 Å². The number of methoxy groups -OCH3 is 1. The normalized spacial score (nSPS) is 15.1. The average molecular weight is 200 g/mol. The highest BCUT2D eigenvalue weighted by Crippen LogP contribution is 2.19. The van der Waals surface area contributed by atoms with Crippen molar-refractivity contribution in [3.05, 3.63) is 0 Å². The summed E-state index contributed by atoms with van der Waals surface area (Å²) >= 11 is 0. The van der Waals surface area contributed by atoms with Crippen LogP contribution in [-0.4, -0.2) is 18.5 Å². The first-order valence-electron chi connectivity index (χ1n) is 5.69. The molecule has 0 spiro atoms. The second-order valence-electron chi connectivity index (χ2n) is 4.02. The molecule has 0 bridgehead atoms. The summed E-state index contributed by atoms with van der Waals surface area (Å²) in [7, 11) is 1.62. The van der Waals surface area contributed by atoms with Crippen LogP contribution < -0.4 is 0 Å². The van der Waals surface area contributed by atoms with Crippen molar-refractivity contribution in [1.29, 1.82) is 0 Å². The van der Waals surface area contributed by atoms with Crippen molar-refractivity contribution in [2.24, 2.45) is 0 Å². The van der Waals surface area contributed by atoms with Crippen LogP contribution in [0.4, 0.5) is 0 Å². The monoisotopic (exact) mass is 200 g/mol. The molecule has 0 fully saturated rings. The summed E-state index contributed by atoms with van der Waals surface area (Å²) in [5.74, 6) is 0.249. The predicted octanol–water partition coefficient (Wildman–Crippen LogP) is 3.34. The number of carbonyl (C=O) groups excluding carboxylic acids is 1. The molecule has 1 unspecified atom stereocenters. The summed E-state index contributed by atoms with van der Waals surface area (Å²) < 4.78 is 5.26. The number of rotatable bonds is 8. The molecule has 0 rings (SSSR count). The van der Waals surface area contributed by atoms with Gasteiger partial charge in [0.15, 0.2) is 5.78 Å². The number of hydrogen-bond acceptors (Lipinski definition) is 2. The number of carbonyl (C=O) groups is 1. The van der Waals surface area contributed by atoms with E-state index < -0.39 is 5.60 Å². The summed E-state index contributed by atoms with van der Waals surface area (Å²) in [5, 5.41) is 0. The lowest BCUT2D eigenvalue weighted by Crippen LogP contribution is -2.36. The second kappa shape index (κ2) is 6.99. The van der Waals surface area contributed by atoms with E-state index in [1.54, 1.807) is 7.11 Å². The van der Waals surface area contributed by atoms with Crippen LogP contribution in [0.2, 0.25) is 0 Å². The molecule has 0 aliphatic carbocycles. The van der Waals surface area contributed by atoms with Crippen molar-refractivity contribution in [2.45, 2.75) is 64.9 Å². The summed E-state index contributed by atoms with van der Waals surface area (Å²) in [6, 6.07) is 0. The summed E-state index contributed by atoms with van der Waals surface area (Å²) in [6.45, 7) is 6.05. The van der Waals surface area contributed by atoms with Crippen LogP contribution in [0.5, 0.6) is 0 Å². The van der Waals surface area contributed by atoms with Gasteiger partial charge in [0.1, 0.15) is 5.60 Å². The minimum atomic E-state index is -0.549. The van der Waals surface area contributed by atoms with Crippen LogP contribution >= 0.6 is 0 Å². The highest BCUT2D eigenvalue weighted by molar-refractivity contribution is 5.86. The first-order chi connectivity index (χ1) is 6.60. The zero-order valence-corrected chi connectivity index (χ0v) is 10.1. The molecule has 0 saturated carbocycles. The largest absolute Gasteiger partial charge is 0.371 e. The van der Waals surface area contributed by atoms with Gasteiger partial charge in [0, 0.05) is 13.5 Å². The molecule has 0 radical (unpaired) electrons. The van der Waals surface area contributed by atoms with Crippen molar-refractivity contribution in [2.75, 3.05) is 7.11 Å². The van der Waals surface area contributed by atoms with Gasteiger partial charge in [-0.1, -0.05) is 33.1 Å². The molecule has 0 aliphatic heterocycles. The Morgan fingerprint density at radius 1 is 1.21 bits per heavy atom. The van der Waals surface area contributed by atoms with Crippen molar-refractivity contribution in [1.82, 2.24) is 0 Å². The average Bonchev–Trinajstić information content (AvgIpc) is 2.22. The standard InChI is InChI=1S/C12H24O2/c1-5-7-8-9-10-11(13)12(3,6-2)14-4/h5-10H2,1-4H3. The molecule has 0 aromatic carbocycles. The Hall–Kier alpha value is -0.370. The smallest absolute Gasteiger partial charge is 0.164 e. The third-order valence-electron chi connectivity index (χ3n) is 2.97. The third-order valence-corrected chi connectivity index (χ3v) is 2.97. The Morgan fingerprint density at radius 3 is 2.29 bits per heavy atom. The second-order valence-corrected chi connectivity index (χ2v) is 4.02. The lowest BCUT2D eigenvalue weighted by Gasteiger charge is -2.24. The lowest BCUT2D eigenvalue weighted by molar-refractivity contribution is -0.139. The molecule has 84 valence electrons. The Morgan fingerprint density at radius 2 is 1.86 bits per heavy atom. The fraction of sp³-hybridized carbons (Fsp3) is 0.917. The zero-order chi connectivity index (χ0) is 11.0. The quantitative estimate of drug-likeness (QED) is 0.562. The minimum Gasteiger partial charge on any atom is -0.371 e. The lowest BCUT2D eigenvalue weighted by atomic mass is 9.93. The van der Waals surface area contributed by atoms with Crippen LogP contribution in [0.15, 0.2) is 0 Å². The van der Waals surface area contributed by atoms with E-state index in [1.165, 1.54) is 12.8 Å². The van der Waals surface area contributed by atoms with Gasteiger partial charge in [0.25, 0.3) is 0 Å². The Labute approximate surface area is 88.0 Å². The van der Waals surface area contributed by atoms with Gasteiger partial charge in [-0.05, 0) is 19.8 Å². The van der Waals surface area contributed by atoms with Gasteiger partial charge in [0.05, 0.1) is 0 Å². The van der Waals surface area contributed by atoms with E-state index >= 15 is 0 Å². The van der Waals surface area contributed by atoms with E-state index in [0.29, 0.717) is 6.42 Å². The van der Waals surface area contributed by atoms with Crippen molar-refractivity contribution in [3.63, 3.8) is 0 Å². The minimum absolute atomic E-state index is 0.249. The van der Waals surface area contributed by atoms with Crippen LogP contribution in [0.1, 0.15) is 59.3 Å². The molecule has 2 nitrogen and oxygen atoms in total. The van der Waals surface area contributed by atoms with E-state index in [2.05, 4.69) is 6.92 Å². The molecule has 0 amide bonds. The number of ether oxygens (including phenoxy) is 1. The molecule has 0 aromatic heterocycles. The van der Waals surface area contributed by atoms with Gasteiger partial charge in [-0.15, -0.1) is 0 Å².